The second-order valence-corrected chi connectivity index (χ2v) is 5.15. The summed E-state index contributed by atoms with van der Waals surface area (Å²) in [5, 5.41) is 0. The molecule has 1 aliphatic heterocycles. The lowest BCUT2D eigenvalue weighted by Gasteiger charge is -2.22. The number of primary amides is 1. The zero-order valence-corrected chi connectivity index (χ0v) is 11.1. The van der Waals surface area contributed by atoms with E-state index in [1.807, 2.05) is 19.9 Å². The minimum Gasteiger partial charge on any atom is -0.369 e. The molecule has 0 aliphatic carbocycles. The first-order valence-corrected chi connectivity index (χ1v) is 6.18. The lowest BCUT2D eigenvalue weighted by atomic mass is 10.1. The van der Waals surface area contributed by atoms with Gasteiger partial charge in [-0.3, -0.25) is 9.78 Å². The molecule has 1 fully saturated rings. The lowest BCUT2D eigenvalue weighted by molar-refractivity contribution is 0.1000. The van der Waals surface area contributed by atoms with E-state index in [0.29, 0.717) is 17.2 Å². The number of hydrogen-bond acceptors (Lipinski definition) is 4. The maximum atomic E-state index is 11.6. The molecular formula is C13H20N4O. The maximum Gasteiger partial charge on any atom is 0.252 e. The van der Waals surface area contributed by atoms with Crippen molar-refractivity contribution in [3.63, 3.8) is 0 Å². The van der Waals surface area contributed by atoms with E-state index < -0.39 is 5.91 Å². The average Bonchev–Trinajstić information content (AvgIpc) is 2.57. The zero-order valence-electron chi connectivity index (χ0n) is 11.1. The van der Waals surface area contributed by atoms with Gasteiger partial charge in [-0.15, -0.1) is 0 Å². The summed E-state index contributed by atoms with van der Waals surface area (Å²) in [5.41, 5.74) is 14.5. The normalized spacial score (nSPS) is 23.4. The molecule has 2 unspecified atom stereocenters. The summed E-state index contributed by atoms with van der Waals surface area (Å²) in [6, 6.07) is 2.05. The van der Waals surface area contributed by atoms with Gasteiger partial charge in [0.05, 0.1) is 16.9 Å². The monoisotopic (exact) mass is 248 g/mol. The van der Waals surface area contributed by atoms with Crippen LogP contribution in [-0.4, -0.2) is 30.0 Å². The summed E-state index contributed by atoms with van der Waals surface area (Å²) in [6.07, 6.45) is 0. The van der Waals surface area contributed by atoms with Crippen molar-refractivity contribution in [3.8, 4) is 0 Å². The van der Waals surface area contributed by atoms with E-state index >= 15 is 0 Å². The molecule has 1 aliphatic rings. The minimum atomic E-state index is -0.428. The molecule has 1 aromatic heterocycles. The van der Waals surface area contributed by atoms with E-state index in [9.17, 15) is 4.79 Å². The Morgan fingerprint density at radius 2 is 2.11 bits per heavy atom. The van der Waals surface area contributed by atoms with Gasteiger partial charge in [0.25, 0.3) is 5.91 Å². The molecule has 4 N–H and O–H groups in total. The smallest absolute Gasteiger partial charge is 0.252 e. The van der Waals surface area contributed by atoms with Crippen LogP contribution in [0.5, 0.6) is 0 Å². The van der Waals surface area contributed by atoms with E-state index in [1.165, 1.54) is 0 Å². The van der Waals surface area contributed by atoms with Crippen LogP contribution in [0.25, 0.3) is 0 Å². The van der Waals surface area contributed by atoms with Crippen LogP contribution in [0.2, 0.25) is 0 Å². The van der Waals surface area contributed by atoms with Crippen molar-refractivity contribution in [2.75, 3.05) is 18.0 Å². The Morgan fingerprint density at radius 1 is 1.44 bits per heavy atom. The Balaban J connectivity index is 2.47. The number of carbonyl (C=O) groups is 1. The molecule has 1 saturated heterocycles. The topological polar surface area (TPSA) is 85.2 Å². The highest BCUT2D eigenvalue weighted by atomic mass is 16.1. The first kappa shape index (κ1) is 12.8. The molecule has 0 radical (unpaired) electrons. The van der Waals surface area contributed by atoms with Gasteiger partial charge >= 0.3 is 0 Å². The highest BCUT2D eigenvalue weighted by molar-refractivity contribution is 5.99. The summed E-state index contributed by atoms with van der Waals surface area (Å²) in [6.45, 7) is 7.46. The number of aromatic nitrogens is 1. The fourth-order valence-corrected chi connectivity index (χ4v) is 2.55. The number of amides is 1. The van der Waals surface area contributed by atoms with Crippen molar-refractivity contribution in [1.82, 2.24) is 4.98 Å². The number of rotatable bonds is 2. The van der Waals surface area contributed by atoms with Gasteiger partial charge in [0, 0.05) is 24.8 Å². The maximum absolute atomic E-state index is 11.6. The predicted octanol–water partition coefficient (Wildman–Crippen LogP) is 0.581. The number of nitrogens with two attached hydrogens (primary N) is 2. The van der Waals surface area contributed by atoms with Gasteiger partial charge in [-0.1, -0.05) is 6.92 Å². The second kappa shape index (κ2) is 4.57. The first-order chi connectivity index (χ1) is 8.40. The quantitative estimate of drug-likeness (QED) is 0.801. The lowest BCUT2D eigenvalue weighted by Crippen LogP contribution is -2.30. The number of aryl methyl sites for hydroxylation is 2. The summed E-state index contributed by atoms with van der Waals surface area (Å²) in [5.74, 6) is -0.0115. The van der Waals surface area contributed by atoms with Crippen LogP contribution in [0.3, 0.4) is 0 Å². The highest BCUT2D eigenvalue weighted by Crippen LogP contribution is 2.28. The first-order valence-electron chi connectivity index (χ1n) is 6.18. The van der Waals surface area contributed by atoms with Crippen LogP contribution in [-0.2, 0) is 0 Å². The number of anilines is 1. The number of pyridine rings is 1. The predicted molar refractivity (Wildman–Crippen MR) is 71.6 cm³/mol. The summed E-state index contributed by atoms with van der Waals surface area (Å²) in [4.78, 5) is 18.0. The van der Waals surface area contributed by atoms with E-state index in [0.717, 1.165) is 24.5 Å². The zero-order chi connectivity index (χ0) is 13.4. The van der Waals surface area contributed by atoms with Gasteiger partial charge in [0.2, 0.25) is 0 Å². The molecule has 5 heteroatoms. The van der Waals surface area contributed by atoms with E-state index in [-0.39, 0.29) is 6.04 Å². The third kappa shape index (κ3) is 2.18. The van der Waals surface area contributed by atoms with Crippen molar-refractivity contribution >= 4 is 11.6 Å². The third-order valence-corrected chi connectivity index (χ3v) is 3.57. The molecule has 0 spiro atoms. The van der Waals surface area contributed by atoms with Gasteiger partial charge < -0.3 is 16.4 Å². The summed E-state index contributed by atoms with van der Waals surface area (Å²) in [7, 11) is 0. The van der Waals surface area contributed by atoms with Crippen molar-refractivity contribution < 1.29 is 4.79 Å². The van der Waals surface area contributed by atoms with Gasteiger partial charge in [-0.05, 0) is 25.8 Å². The van der Waals surface area contributed by atoms with Gasteiger partial charge in [0.15, 0.2) is 0 Å². The third-order valence-electron chi connectivity index (χ3n) is 3.57. The second-order valence-electron chi connectivity index (χ2n) is 5.15. The van der Waals surface area contributed by atoms with Crippen LogP contribution >= 0.6 is 0 Å². The van der Waals surface area contributed by atoms with Crippen molar-refractivity contribution in [3.05, 3.63) is 23.0 Å². The standard InChI is InChI=1S/C13H20N4O/c1-7-5-17(6-10(7)14)11-4-8(2)16-9(3)12(11)13(15)18/h4,7,10H,5-6,14H2,1-3H3,(H2,15,18). The molecule has 0 bridgehead atoms. The Kier molecular flexibility index (Phi) is 3.26. The Bertz CT molecular complexity index is 476. The Hall–Kier alpha value is -1.62. The number of carbonyl (C=O) groups excluding carboxylic acids is 1. The molecular weight excluding hydrogens is 228 g/mol. The fraction of sp³-hybridized carbons (Fsp3) is 0.538. The van der Waals surface area contributed by atoms with Crippen LogP contribution < -0.4 is 16.4 Å². The van der Waals surface area contributed by atoms with Crippen LogP contribution in [0, 0.1) is 19.8 Å². The average molecular weight is 248 g/mol. The van der Waals surface area contributed by atoms with Gasteiger partial charge in [-0.25, -0.2) is 0 Å². The highest BCUT2D eigenvalue weighted by Gasteiger charge is 2.29. The molecule has 2 rings (SSSR count). The molecule has 2 heterocycles. The largest absolute Gasteiger partial charge is 0.369 e. The summed E-state index contributed by atoms with van der Waals surface area (Å²) >= 11 is 0. The van der Waals surface area contributed by atoms with Gasteiger partial charge in [-0.2, -0.15) is 0 Å². The molecule has 18 heavy (non-hydrogen) atoms. The van der Waals surface area contributed by atoms with Crippen molar-refractivity contribution in [2.45, 2.75) is 26.8 Å². The van der Waals surface area contributed by atoms with E-state index in [4.69, 9.17) is 11.5 Å². The van der Waals surface area contributed by atoms with Crippen LogP contribution in [0.1, 0.15) is 28.7 Å². The molecule has 5 nitrogen and oxygen atoms in total. The Morgan fingerprint density at radius 3 is 2.61 bits per heavy atom. The van der Waals surface area contributed by atoms with Crippen molar-refractivity contribution in [2.24, 2.45) is 17.4 Å². The van der Waals surface area contributed by atoms with Gasteiger partial charge in [0.1, 0.15) is 0 Å². The molecule has 1 aromatic rings. The SMILES string of the molecule is Cc1cc(N2CC(C)C(N)C2)c(C(N)=O)c(C)n1. The number of nitrogens with zero attached hydrogens (tertiary/aromatic N) is 2. The van der Waals surface area contributed by atoms with Crippen molar-refractivity contribution in [1.29, 1.82) is 0 Å². The van der Waals surface area contributed by atoms with E-state index in [2.05, 4.69) is 16.8 Å². The van der Waals surface area contributed by atoms with E-state index in [1.54, 1.807) is 0 Å². The van der Waals surface area contributed by atoms with Crippen LogP contribution in [0.15, 0.2) is 6.07 Å². The molecule has 2 atom stereocenters. The molecule has 0 aromatic carbocycles. The molecule has 1 amide bonds. The molecule has 98 valence electrons. The minimum absolute atomic E-state index is 0.138. The molecule has 0 saturated carbocycles. The summed E-state index contributed by atoms with van der Waals surface area (Å²) < 4.78 is 0. The van der Waals surface area contributed by atoms with Crippen LogP contribution in [0.4, 0.5) is 5.69 Å². The number of hydrogen-bond donors (Lipinski definition) is 2. The Labute approximate surface area is 107 Å². The fourth-order valence-electron chi connectivity index (χ4n) is 2.55.